The van der Waals surface area contributed by atoms with Crippen molar-refractivity contribution in [2.24, 2.45) is 0 Å². The van der Waals surface area contributed by atoms with E-state index >= 15 is 0 Å². The third-order valence-corrected chi connectivity index (χ3v) is 3.28. The summed E-state index contributed by atoms with van der Waals surface area (Å²) < 4.78 is 10.4. The molecule has 0 amide bonds. The number of benzene rings is 1. The Morgan fingerprint density at radius 2 is 2.17 bits per heavy atom. The monoisotopic (exact) mass is 251 g/mol. The quantitative estimate of drug-likeness (QED) is 0.773. The Morgan fingerprint density at radius 1 is 1.39 bits per heavy atom. The summed E-state index contributed by atoms with van der Waals surface area (Å²) in [5.74, 6) is 0. The summed E-state index contributed by atoms with van der Waals surface area (Å²) >= 11 is 0. The van der Waals surface area contributed by atoms with Gasteiger partial charge in [0, 0.05) is 26.6 Å². The molecule has 0 radical (unpaired) electrons. The highest BCUT2D eigenvalue weighted by Crippen LogP contribution is 2.17. The fourth-order valence-corrected chi connectivity index (χ4v) is 2.28. The number of aliphatic hydroxyl groups excluding tert-OH is 1. The first-order valence-electron chi connectivity index (χ1n) is 6.36. The number of aliphatic hydroxyl groups is 1. The van der Waals surface area contributed by atoms with Gasteiger partial charge in [-0.1, -0.05) is 30.3 Å². The van der Waals surface area contributed by atoms with E-state index < -0.39 is 6.23 Å². The first kappa shape index (κ1) is 13.5. The van der Waals surface area contributed by atoms with Gasteiger partial charge in [0.15, 0.2) is 0 Å². The lowest BCUT2D eigenvalue weighted by molar-refractivity contribution is -0.0733. The topological polar surface area (TPSA) is 41.9 Å². The van der Waals surface area contributed by atoms with Crippen LogP contribution >= 0.6 is 0 Å². The summed E-state index contributed by atoms with van der Waals surface area (Å²) in [6.07, 6.45) is 1.37. The Morgan fingerprint density at radius 3 is 2.89 bits per heavy atom. The summed E-state index contributed by atoms with van der Waals surface area (Å²) in [6, 6.07) is 10.1. The molecular weight excluding hydrogens is 230 g/mol. The maximum Gasteiger partial charge on any atom is 0.146 e. The summed E-state index contributed by atoms with van der Waals surface area (Å²) in [4.78, 5) is 2.06. The molecule has 0 bridgehead atoms. The number of methoxy groups -OCH3 is 1. The SMILES string of the molecule is COCO[C@H]1CCN([C@H](O)Cc2ccccc2)C1. The Kier molecular flexibility index (Phi) is 5.13. The number of nitrogens with zero attached hydrogens (tertiary/aromatic N) is 1. The molecule has 0 unspecified atom stereocenters. The second-order valence-corrected chi connectivity index (χ2v) is 4.65. The van der Waals surface area contributed by atoms with Gasteiger partial charge in [0.25, 0.3) is 0 Å². The van der Waals surface area contributed by atoms with Crippen molar-refractivity contribution in [3.63, 3.8) is 0 Å². The highest BCUT2D eigenvalue weighted by atomic mass is 16.7. The number of rotatable bonds is 6. The standard InChI is InChI=1S/C14H21NO3/c1-17-11-18-13-7-8-15(10-13)14(16)9-12-5-3-2-4-6-12/h2-6,13-14,16H,7-11H2,1H3/t13-,14+/m0/s1. The van der Waals surface area contributed by atoms with E-state index in [1.54, 1.807) is 7.11 Å². The van der Waals surface area contributed by atoms with Crippen molar-refractivity contribution >= 4 is 0 Å². The van der Waals surface area contributed by atoms with Crippen molar-refractivity contribution in [3.05, 3.63) is 35.9 Å². The van der Waals surface area contributed by atoms with Crippen LogP contribution in [0.15, 0.2) is 30.3 Å². The number of hydrogen-bond acceptors (Lipinski definition) is 4. The van der Waals surface area contributed by atoms with Gasteiger partial charge < -0.3 is 14.6 Å². The molecule has 0 aromatic heterocycles. The highest BCUT2D eigenvalue weighted by molar-refractivity contribution is 5.15. The van der Waals surface area contributed by atoms with Crippen LogP contribution < -0.4 is 0 Å². The normalized spacial score (nSPS) is 22.2. The highest BCUT2D eigenvalue weighted by Gasteiger charge is 2.27. The lowest BCUT2D eigenvalue weighted by Crippen LogP contribution is -2.35. The van der Waals surface area contributed by atoms with Crippen molar-refractivity contribution in [1.82, 2.24) is 4.90 Å². The van der Waals surface area contributed by atoms with Gasteiger partial charge in [0.1, 0.15) is 13.0 Å². The Labute approximate surface area is 108 Å². The molecule has 1 aliphatic rings. The van der Waals surface area contributed by atoms with E-state index in [1.165, 1.54) is 0 Å². The molecule has 0 spiro atoms. The van der Waals surface area contributed by atoms with Crippen LogP contribution in [-0.4, -0.2) is 49.3 Å². The van der Waals surface area contributed by atoms with Gasteiger partial charge in [-0.25, -0.2) is 0 Å². The van der Waals surface area contributed by atoms with Gasteiger partial charge >= 0.3 is 0 Å². The number of hydrogen-bond donors (Lipinski definition) is 1. The van der Waals surface area contributed by atoms with E-state index in [0.29, 0.717) is 13.2 Å². The average molecular weight is 251 g/mol. The molecule has 1 N–H and O–H groups in total. The van der Waals surface area contributed by atoms with Gasteiger partial charge in [-0.2, -0.15) is 0 Å². The second kappa shape index (κ2) is 6.85. The predicted molar refractivity (Wildman–Crippen MR) is 69.1 cm³/mol. The van der Waals surface area contributed by atoms with Gasteiger partial charge in [0.2, 0.25) is 0 Å². The minimum Gasteiger partial charge on any atom is -0.378 e. The van der Waals surface area contributed by atoms with Crippen molar-refractivity contribution < 1.29 is 14.6 Å². The fourth-order valence-electron chi connectivity index (χ4n) is 2.28. The van der Waals surface area contributed by atoms with Gasteiger partial charge in [-0.05, 0) is 12.0 Å². The predicted octanol–water partition coefficient (Wildman–Crippen LogP) is 1.24. The van der Waals surface area contributed by atoms with Crippen molar-refractivity contribution in [2.75, 3.05) is 27.0 Å². The minimum absolute atomic E-state index is 0.176. The smallest absolute Gasteiger partial charge is 0.146 e. The van der Waals surface area contributed by atoms with E-state index in [0.717, 1.165) is 25.1 Å². The van der Waals surface area contributed by atoms with Crippen LogP contribution in [0.3, 0.4) is 0 Å². The summed E-state index contributed by atoms with van der Waals surface area (Å²) in [6.45, 7) is 1.98. The van der Waals surface area contributed by atoms with Crippen LogP contribution in [0.5, 0.6) is 0 Å². The largest absolute Gasteiger partial charge is 0.378 e. The van der Waals surface area contributed by atoms with Gasteiger partial charge in [0.05, 0.1) is 6.10 Å². The van der Waals surface area contributed by atoms with E-state index in [4.69, 9.17) is 9.47 Å². The van der Waals surface area contributed by atoms with E-state index in [9.17, 15) is 5.11 Å². The molecule has 1 heterocycles. The molecule has 1 aliphatic heterocycles. The second-order valence-electron chi connectivity index (χ2n) is 4.65. The third-order valence-electron chi connectivity index (χ3n) is 3.28. The molecule has 1 aromatic carbocycles. The molecule has 4 nitrogen and oxygen atoms in total. The first-order chi connectivity index (χ1) is 8.79. The zero-order valence-corrected chi connectivity index (χ0v) is 10.8. The maximum absolute atomic E-state index is 10.2. The van der Waals surface area contributed by atoms with E-state index in [2.05, 4.69) is 4.90 Å². The summed E-state index contributed by atoms with van der Waals surface area (Å²) in [7, 11) is 1.62. The molecule has 0 saturated carbocycles. The van der Waals surface area contributed by atoms with Crippen LogP contribution in [0.2, 0.25) is 0 Å². The van der Waals surface area contributed by atoms with E-state index in [1.807, 2.05) is 30.3 Å². The van der Waals surface area contributed by atoms with Crippen LogP contribution in [0, 0.1) is 0 Å². The summed E-state index contributed by atoms with van der Waals surface area (Å²) in [5, 5.41) is 10.2. The molecule has 100 valence electrons. The lowest BCUT2D eigenvalue weighted by atomic mass is 10.1. The molecule has 2 atom stereocenters. The van der Waals surface area contributed by atoms with Gasteiger partial charge in [-0.15, -0.1) is 0 Å². The molecule has 1 aromatic rings. The average Bonchev–Trinajstić information content (AvgIpc) is 2.86. The minimum atomic E-state index is -0.427. The lowest BCUT2D eigenvalue weighted by Gasteiger charge is -2.23. The Balaban J connectivity index is 1.78. The Hall–Kier alpha value is -0.940. The van der Waals surface area contributed by atoms with Crippen molar-refractivity contribution in [2.45, 2.75) is 25.2 Å². The van der Waals surface area contributed by atoms with Crippen molar-refractivity contribution in [3.8, 4) is 0 Å². The fraction of sp³-hybridized carbons (Fsp3) is 0.571. The van der Waals surface area contributed by atoms with Crippen LogP contribution in [0.1, 0.15) is 12.0 Å². The summed E-state index contributed by atoms with van der Waals surface area (Å²) in [5.41, 5.74) is 1.16. The van der Waals surface area contributed by atoms with Gasteiger partial charge in [-0.3, -0.25) is 4.90 Å². The number of likely N-dealkylation sites (tertiary alicyclic amines) is 1. The molecule has 1 fully saturated rings. The molecule has 4 heteroatoms. The Bertz CT molecular complexity index is 344. The number of ether oxygens (including phenoxy) is 2. The van der Waals surface area contributed by atoms with E-state index in [-0.39, 0.29) is 6.10 Å². The van der Waals surface area contributed by atoms with Crippen LogP contribution in [0.4, 0.5) is 0 Å². The third kappa shape index (κ3) is 3.78. The zero-order chi connectivity index (χ0) is 12.8. The van der Waals surface area contributed by atoms with Crippen LogP contribution in [-0.2, 0) is 15.9 Å². The van der Waals surface area contributed by atoms with Crippen molar-refractivity contribution in [1.29, 1.82) is 0 Å². The molecular formula is C14H21NO3. The first-order valence-corrected chi connectivity index (χ1v) is 6.36. The zero-order valence-electron chi connectivity index (χ0n) is 10.8. The maximum atomic E-state index is 10.2. The molecule has 18 heavy (non-hydrogen) atoms. The molecule has 0 aliphatic carbocycles. The molecule has 2 rings (SSSR count). The molecule has 1 saturated heterocycles. The van der Waals surface area contributed by atoms with Crippen LogP contribution in [0.25, 0.3) is 0 Å².